The van der Waals surface area contributed by atoms with Gasteiger partial charge in [0.15, 0.2) is 0 Å². The van der Waals surface area contributed by atoms with Crippen LogP contribution < -0.4 is 16.0 Å². The topological polar surface area (TPSA) is 80.5 Å². The van der Waals surface area contributed by atoms with E-state index in [-0.39, 0.29) is 12.5 Å². The maximum atomic E-state index is 11.8. The van der Waals surface area contributed by atoms with E-state index in [0.717, 1.165) is 24.5 Å². The maximum absolute atomic E-state index is 11.8. The molecule has 0 radical (unpaired) electrons. The molecule has 1 saturated heterocycles. The smallest absolute Gasteiger partial charge is 0.239 e. The largest absolute Gasteiger partial charge is 0.383 e. The summed E-state index contributed by atoms with van der Waals surface area (Å²) in [6.45, 7) is 2.80. The van der Waals surface area contributed by atoms with Gasteiger partial charge in [-0.2, -0.15) is 0 Å². The minimum Gasteiger partial charge on any atom is -0.383 e. The molecule has 3 N–H and O–H groups in total. The van der Waals surface area contributed by atoms with Crippen LogP contribution in [0.15, 0.2) is 18.3 Å². The Balaban J connectivity index is 1.90. The van der Waals surface area contributed by atoms with E-state index >= 15 is 0 Å². The van der Waals surface area contributed by atoms with Gasteiger partial charge in [-0.1, -0.05) is 0 Å². The molecule has 0 saturated carbocycles. The Bertz CT molecular complexity index is 461. The molecule has 6 heteroatoms. The summed E-state index contributed by atoms with van der Waals surface area (Å²) >= 11 is 0. The first-order chi connectivity index (χ1) is 10.2. The second kappa shape index (κ2) is 7.95. The molecular formula is C15H24N4O2. The molecule has 1 fully saturated rings. The molecule has 1 atom stereocenters. The van der Waals surface area contributed by atoms with Crippen molar-refractivity contribution in [2.45, 2.75) is 31.8 Å². The molecular weight excluding hydrogens is 268 g/mol. The first-order valence-electron chi connectivity index (χ1n) is 7.43. The van der Waals surface area contributed by atoms with Gasteiger partial charge in [-0.05, 0) is 37.0 Å². The van der Waals surface area contributed by atoms with Crippen LogP contribution in [-0.2, 0) is 16.1 Å². The number of piperidine rings is 1. The van der Waals surface area contributed by atoms with E-state index in [1.807, 2.05) is 12.1 Å². The van der Waals surface area contributed by atoms with E-state index in [4.69, 9.17) is 10.5 Å². The number of anilines is 1. The van der Waals surface area contributed by atoms with Gasteiger partial charge >= 0.3 is 0 Å². The lowest BCUT2D eigenvalue weighted by atomic mass is 10.1. The summed E-state index contributed by atoms with van der Waals surface area (Å²) in [4.78, 5) is 18.5. The normalized spacial score (nSPS) is 16.6. The van der Waals surface area contributed by atoms with Crippen molar-refractivity contribution in [3.63, 3.8) is 0 Å². The molecule has 1 amide bonds. The average Bonchev–Trinajstić information content (AvgIpc) is 2.54. The molecule has 1 aliphatic rings. The van der Waals surface area contributed by atoms with E-state index in [9.17, 15) is 4.79 Å². The summed E-state index contributed by atoms with van der Waals surface area (Å²) in [6, 6.07) is 3.32. The quantitative estimate of drug-likeness (QED) is 0.805. The molecule has 0 aliphatic carbocycles. The van der Waals surface area contributed by atoms with Crippen LogP contribution in [-0.4, -0.2) is 43.7 Å². The number of carbonyl (C=O) groups is 1. The third kappa shape index (κ3) is 4.68. The van der Waals surface area contributed by atoms with Crippen LogP contribution in [0.3, 0.4) is 0 Å². The first kappa shape index (κ1) is 15.7. The van der Waals surface area contributed by atoms with E-state index in [1.165, 1.54) is 26.4 Å². The fraction of sp³-hybridized carbons (Fsp3) is 0.600. The SMILES string of the molecule is COCC(N)C(=O)NCc1ccnc(N2CCCCC2)c1. The highest BCUT2D eigenvalue weighted by atomic mass is 16.5. The maximum Gasteiger partial charge on any atom is 0.239 e. The molecule has 2 heterocycles. The van der Waals surface area contributed by atoms with Crippen LogP contribution >= 0.6 is 0 Å². The summed E-state index contributed by atoms with van der Waals surface area (Å²) in [5, 5.41) is 2.82. The summed E-state index contributed by atoms with van der Waals surface area (Å²) in [5.74, 6) is 0.788. The van der Waals surface area contributed by atoms with Crippen LogP contribution in [0.5, 0.6) is 0 Å². The van der Waals surface area contributed by atoms with Crippen molar-refractivity contribution in [3.05, 3.63) is 23.9 Å². The van der Waals surface area contributed by atoms with Gasteiger partial charge in [0.05, 0.1) is 6.61 Å². The Hall–Kier alpha value is -1.66. The highest BCUT2D eigenvalue weighted by Gasteiger charge is 2.14. The molecule has 2 rings (SSSR count). The number of hydrogen-bond donors (Lipinski definition) is 2. The van der Waals surface area contributed by atoms with Gasteiger partial charge in [0.25, 0.3) is 0 Å². The Kier molecular flexibility index (Phi) is 5.95. The number of aromatic nitrogens is 1. The molecule has 6 nitrogen and oxygen atoms in total. The van der Waals surface area contributed by atoms with Crippen molar-refractivity contribution < 1.29 is 9.53 Å². The molecule has 1 aliphatic heterocycles. The second-order valence-electron chi connectivity index (χ2n) is 5.35. The van der Waals surface area contributed by atoms with Crippen molar-refractivity contribution in [1.82, 2.24) is 10.3 Å². The summed E-state index contributed by atoms with van der Waals surface area (Å²) < 4.78 is 4.87. The predicted molar refractivity (Wildman–Crippen MR) is 82.0 cm³/mol. The van der Waals surface area contributed by atoms with Crippen LogP contribution in [0.1, 0.15) is 24.8 Å². The van der Waals surface area contributed by atoms with Gasteiger partial charge < -0.3 is 20.7 Å². The summed E-state index contributed by atoms with van der Waals surface area (Å²) in [7, 11) is 1.53. The molecule has 1 aromatic rings. The zero-order valence-electron chi connectivity index (χ0n) is 12.5. The third-order valence-corrected chi connectivity index (χ3v) is 3.64. The van der Waals surface area contributed by atoms with Crippen LogP contribution in [0.25, 0.3) is 0 Å². The highest BCUT2D eigenvalue weighted by molar-refractivity contribution is 5.81. The van der Waals surface area contributed by atoms with Crippen LogP contribution in [0.2, 0.25) is 0 Å². The standard InChI is InChI=1S/C15H24N4O2/c1-21-11-13(16)15(20)18-10-12-5-6-17-14(9-12)19-7-3-2-4-8-19/h5-6,9,13H,2-4,7-8,10-11,16H2,1H3,(H,18,20). The second-order valence-corrected chi connectivity index (χ2v) is 5.35. The Morgan fingerprint density at radius 3 is 2.95 bits per heavy atom. The number of ether oxygens (including phenoxy) is 1. The zero-order valence-corrected chi connectivity index (χ0v) is 12.5. The van der Waals surface area contributed by atoms with Gasteiger partial charge in [-0.15, -0.1) is 0 Å². The zero-order chi connectivity index (χ0) is 15.1. The average molecular weight is 292 g/mol. The van der Waals surface area contributed by atoms with Gasteiger partial charge in [-0.25, -0.2) is 4.98 Å². The van der Waals surface area contributed by atoms with E-state index < -0.39 is 6.04 Å². The Labute approximate surface area is 125 Å². The highest BCUT2D eigenvalue weighted by Crippen LogP contribution is 2.18. The van der Waals surface area contributed by atoms with Crippen molar-refractivity contribution in [2.24, 2.45) is 5.73 Å². The third-order valence-electron chi connectivity index (χ3n) is 3.64. The van der Waals surface area contributed by atoms with Crippen LogP contribution in [0, 0.1) is 0 Å². The van der Waals surface area contributed by atoms with Gasteiger partial charge in [-0.3, -0.25) is 4.79 Å². The number of amides is 1. The fourth-order valence-electron chi connectivity index (χ4n) is 2.44. The molecule has 0 bridgehead atoms. The summed E-state index contributed by atoms with van der Waals surface area (Å²) in [5.41, 5.74) is 6.71. The first-order valence-corrected chi connectivity index (χ1v) is 7.43. The molecule has 116 valence electrons. The number of carbonyl (C=O) groups excluding carboxylic acids is 1. The van der Waals surface area contributed by atoms with E-state index in [1.54, 1.807) is 6.20 Å². The Morgan fingerprint density at radius 1 is 1.48 bits per heavy atom. The lowest BCUT2D eigenvalue weighted by molar-refractivity contribution is -0.123. The minimum absolute atomic E-state index is 0.201. The monoisotopic (exact) mass is 292 g/mol. The molecule has 1 unspecified atom stereocenters. The lowest BCUT2D eigenvalue weighted by Crippen LogP contribution is -2.43. The van der Waals surface area contributed by atoms with Crippen molar-refractivity contribution in [2.75, 3.05) is 31.7 Å². The number of methoxy groups -OCH3 is 1. The summed E-state index contributed by atoms with van der Waals surface area (Å²) in [6.07, 6.45) is 5.52. The molecule has 21 heavy (non-hydrogen) atoms. The van der Waals surface area contributed by atoms with Gasteiger partial charge in [0.1, 0.15) is 11.9 Å². The fourth-order valence-corrected chi connectivity index (χ4v) is 2.44. The number of nitrogens with zero attached hydrogens (tertiary/aromatic N) is 2. The predicted octanol–water partition coefficient (Wildman–Crippen LogP) is 0.662. The lowest BCUT2D eigenvalue weighted by Gasteiger charge is -2.28. The van der Waals surface area contributed by atoms with Gasteiger partial charge in [0.2, 0.25) is 5.91 Å². The molecule has 1 aromatic heterocycles. The van der Waals surface area contributed by atoms with Crippen LogP contribution in [0.4, 0.5) is 5.82 Å². The van der Waals surface area contributed by atoms with Crippen molar-refractivity contribution in [1.29, 1.82) is 0 Å². The number of nitrogens with two attached hydrogens (primary N) is 1. The molecule has 0 spiro atoms. The number of nitrogens with one attached hydrogen (secondary N) is 1. The van der Waals surface area contributed by atoms with Crippen molar-refractivity contribution >= 4 is 11.7 Å². The minimum atomic E-state index is -0.626. The number of hydrogen-bond acceptors (Lipinski definition) is 5. The van der Waals surface area contributed by atoms with Gasteiger partial charge in [0, 0.05) is 32.9 Å². The van der Waals surface area contributed by atoms with Crippen molar-refractivity contribution in [3.8, 4) is 0 Å². The van der Waals surface area contributed by atoms with E-state index in [2.05, 4.69) is 15.2 Å². The molecule has 0 aromatic carbocycles. The number of pyridine rings is 1. The Morgan fingerprint density at radius 2 is 2.24 bits per heavy atom. The van der Waals surface area contributed by atoms with E-state index in [0.29, 0.717) is 6.54 Å². The number of rotatable bonds is 6.